The summed E-state index contributed by atoms with van der Waals surface area (Å²) < 4.78 is 0. The zero-order valence-corrected chi connectivity index (χ0v) is 7.60. The Labute approximate surface area is 85.2 Å². The van der Waals surface area contributed by atoms with Gasteiger partial charge in [-0.3, -0.25) is 4.79 Å². The van der Waals surface area contributed by atoms with Crippen molar-refractivity contribution in [1.29, 1.82) is 5.26 Å². The number of nitrogens with zero attached hydrogens (tertiary/aromatic N) is 1. The minimum Gasteiger partial charge on any atom is -0.481 e. The van der Waals surface area contributed by atoms with Crippen LogP contribution in [0.1, 0.15) is 21.5 Å². The van der Waals surface area contributed by atoms with Crippen molar-refractivity contribution in [1.82, 2.24) is 0 Å². The molecule has 0 saturated heterocycles. The Hall–Kier alpha value is -2.35. The maximum absolute atomic E-state index is 10.8. The largest absolute Gasteiger partial charge is 0.481 e. The van der Waals surface area contributed by atoms with Crippen LogP contribution in [0.4, 0.5) is 0 Å². The van der Waals surface area contributed by atoms with Crippen LogP contribution >= 0.6 is 0 Å². The molecule has 0 unspecified atom stereocenters. The van der Waals surface area contributed by atoms with Crippen LogP contribution in [-0.4, -0.2) is 22.2 Å². The van der Waals surface area contributed by atoms with Crippen molar-refractivity contribution in [2.75, 3.05) is 0 Å². The maximum atomic E-state index is 10.8. The number of carboxylic acids is 2. The van der Waals surface area contributed by atoms with Gasteiger partial charge in [-0.25, -0.2) is 4.79 Å². The molecule has 0 aliphatic heterocycles. The summed E-state index contributed by atoms with van der Waals surface area (Å²) in [7, 11) is 0. The Kier molecular flexibility index (Phi) is 3.03. The van der Waals surface area contributed by atoms with Crippen LogP contribution in [0, 0.1) is 11.3 Å². The summed E-state index contributed by atoms with van der Waals surface area (Å²) in [6.07, 6.45) is -0.467. The number of rotatable bonds is 3. The van der Waals surface area contributed by atoms with Gasteiger partial charge in [0.2, 0.25) is 0 Å². The molecule has 1 aromatic rings. The average Bonchev–Trinajstić information content (AvgIpc) is 2.16. The highest BCUT2D eigenvalue weighted by atomic mass is 16.4. The van der Waals surface area contributed by atoms with Crippen molar-refractivity contribution < 1.29 is 19.8 Å². The van der Waals surface area contributed by atoms with E-state index < -0.39 is 18.4 Å². The van der Waals surface area contributed by atoms with Crippen molar-refractivity contribution in [3.63, 3.8) is 0 Å². The molecule has 0 aliphatic rings. The second-order valence-corrected chi connectivity index (χ2v) is 2.82. The Morgan fingerprint density at radius 1 is 1.33 bits per heavy atom. The van der Waals surface area contributed by atoms with Gasteiger partial charge < -0.3 is 10.2 Å². The predicted molar refractivity (Wildman–Crippen MR) is 49.5 cm³/mol. The first-order valence-corrected chi connectivity index (χ1v) is 4.03. The van der Waals surface area contributed by atoms with Gasteiger partial charge in [0.15, 0.2) is 0 Å². The van der Waals surface area contributed by atoms with Gasteiger partial charge in [0, 0.05) is 0 Å². The Balaban J connectivity index is 3.34. The van der Waals surface area contributed by atoms with Gasteiger partial charge >= 0.3 is 11.9 Å². The molecule has 1 rings (SSSR count). The van der Waals surface area contributed by atoms with Gasteiger partial charge in [-0.1, -0.05) is 6.07 Å². The number of nitriles is 1. The minimum atomic E-state index is -1.23. The first kappa shape index (κ1) is 10.7. The van der Waals surface area contributed by atoms with Gasteiger partial charge in [-0.15, -0.1) is 0 Å². The second kappa shape index (κ2) is 4.24. The monoisotopic (exact) mass is 205 g/mol. The van der Waals surface area contributed by atoms with Crippen LogP contribution in [0.5, 0.6) is 0 Å². The van der Waals surface area contributed by atoms with E-state index in [1.807, 2.05) is 0 Å². The van der Waals surface area contributed by atoms with E-state index in [9.17, 15) is 9.59 Å². The Morgan fingerprint density at radius 3 is 2.47 bits per heavy atom. The van der Waals surface area contributed by atoms with Crippen molar-refractivity contribution in [3.05, 3.63) is 34.9 Å². The number of carboxylic acid groups (broad SMARTS) is 2. The van der Waals surface area contributed by atoms with Gasteiger partial charge in [0.25, 0.3) is 0 Å². The summed E-state index contributed by atoms with van der Waals surface area (Å²) in [6.45, 7) is 0. The summed E-state index contributed by atoms with van der Waals surface area (Å²) in [5.74, 6) is -2.40. The normalized spacial score (nSPS) is 9.27. The topological polar surface area (TPSA) is 98.4 Å². The van der Waals surface area contributed by atoms with Gasteiger partial charge in [-0.2, -0.15) is 5.26 Å². The molecule has 0 amide bonds. The third kappa shape index (κ3) is 2.31. The van der Waals surface area contributed by atoms with Crippen LogP contribution in [0.25, 0.3) is 0 Å². The van der Waals surface area contributed by atoms with E-state index in [0.717, 1.165) is 0 Å². The molecule has 0 fully saturated rings. The zero-order chi connectivity index (χ0) is 11.4. The molecule has 2 N–H and O–H groups in total. The van der Waals surface area contributed by atoms with E-state index in [0.29, 0.717) is 0 Å². The van der Waals surface area contributed by atoms with E-state index in [-0.39, 0.29) is 16.7 Å². The lowest BCUT2D eigenvalue weighted by Crippen LogP contribution is -2.09. The highest BCUT2D eigenvalue weighted by Gasteiger charge is 2.16. The lowest BCUT2D eigenvalue weighted by molar-refractivity contribution is -0.136. The van der Waals surface area contributed by atoms with Crippen LogP contribution in [0.3, 0.4) is 0 Å². The van der Waals surface area contributed by atoms with Gasteiger partial charge in [0.05, 0.1) is 23.6 Å². The summed E-state index contributed by atoms with van der Waals surface area (Å²) in [4.78, 5) is 21.3. The molecule has 15 heavy (non-hydrogen) atoms. The number of aliphatic carboxylic acids is 1. The lowest BCUT2D eigenvalue weighted by Gasteiger charge is -2.04. The zero-order valence-electron chi connectivity index (χ0n) is 7.60. The molecule has 0 saturated carbocycles. The summed E-state index contributed by atoms with van der Waals surface area (Å²) in [5.41, 5.74) is -0.0197. The van der Waals surface area contributed by atoms with Gasteiger partial charge in [-0.05, 0) is 17.7 Å². The SMILES string of the molecule is N#Cc1cccc(C(=O)O)c1CC(=O)O. The van der Waals surface area contributed by atoms with Crippen LogP contribution in [-0.2, 0) is 11.2 Å². The first-order valence-electron chi connectivity index (χ1n) is 4.03. The molecule has 0 atom stereocenters. The lowest BCUT2D eigenvalue weighted by atomic mass is 9.99. The standard InChI is InChI=1S/C10H7NO4/c11-5-6-2-1-3-7(10(14)15)8(6)4-9(12)13/h1-3H,4H2,(H,12,13)(H,14,15). The van der Waals surface area contributed by atoms with Crippen molar-refractivity contribution in [2.45, 2.75) is 6.42 Å². The van der Waals surface area contributed by atoms with Crippen LogP contribution in [0.15, 0.2) is 18.2 Å². The molecule has 5 heteroatoms. The third-order valence-electron chi connectivity index (χ3n) is 1.85. The molecular formula is C10H7NO4. The molecule has 0 aromatic heterocycles. The fourth-order valence-corrected chi connectivity index (χ4v) is 1.23. The molecule has 0 aliphatic carbocycles. The van der Waals surface area contributed by atoms with Crippen LogP contribution in [0.2, 0.25) is 0 Å². The van der Waals surface area contributed by atoms with Crippen molar-refractivity contribution in [3.8, 4) is 6.07 Å². The molecule has 5 nitrogen and oxygen atoms in total. The van der Waals surface area contributed by atoms with Crippen molar-refractivity contribution >= 4 is 11.9 Å². The predicted octanol–water partition coefficient (Wildman–Crippen LogP) is 0.884. The Morgan fingerprint density at radius 2 is 2.00 bits per heavy atom. The first-order chi connectivity index (χ1) is 7.06. The molecule has 0 radical (unpaired) electrons. The number of hydrogen-bond donors (Lipinski definition) is 2. The van der Waals surface area contributed by atoms with E-state index in [1.165, 1.54) is 18.2 Å². The maximum Gasteiger partial charge on any atom is 0.336 e. The van der Waals surface area contributed by atoms with E-state index in [1.54, 1.807) is 6.07 Å². The quantitative estimate of drug-likeness (QED) is 0.763. The fraction of sp³-hybridized carbons (Fsp3) is 0.100. The third-order valence-corrected chi connectivity index (χ3v) is 1.85. The Bertz CT molecular complexity index is 459. The van der Waals surface area contributed by atoms with E-state index >= 15 is 0 Å². The highest BCUT2D eigenvalue weighted by molar-refractivity contribution is 5.91. The van der Waals surface area contributed by atoms with Gasteiger partial charge in [0.1, 0.15) is 0 Å². The average molecular weight is 205 g/mol. The summed E-state index contributed by atoms with van der Waals surface area (Å²) >= 11 is 0. The summed E-state index contributed by atoms with van der Waals surface area (Å²) in [5, 5.41) is 26.1. The molecular weight excluding hydrogens is 198 g/mol. The number of aromatic carboxylic acids is 1. The highest BCUT2D eigenvalue weighted by Crippen LogP contribution is 2.15. The number of carbonyl (C=O) groups is 2. The smallest absolute Gasteiger partial charge is 0.336 e. The number of hydrogen-bond acceptors (Lipinski definition) is 3. The molecule has 1 aromatic carbocycles. The van der Waals surface area contributed by atoms with Crippen LogP contribution < -0.4 is 0 Å². The van der Waals surface area contributed by atoms with E-state index in [4.69, 9.17) is 15.5 Å². The van der Waals surface area contributed by atoms with Crippen molar-refractivity contribution in [2.24, 2.45) is 0 Å². The molecule has 0 heterocycles. The fourth-order valence-electron chi connectivity index (χ4n) is 1.23. The molecule has 76 valence electrons. The number of benzene rings is 1. The minimum absolute atomic E-state index is 0.0417. The second-order valence-electron chi connectivity index (χ2n) is 2.82. The van der Waals surface area contributed by atoms with E-state index in [2.05, 4.69) is 0 Å². The molecule has 0 bridgehead atoms. The summed E-state index contributed by atoms with van der Waals surface area (Å²) in [6, 6.07) is 5.85. The molecule has 0 spiro atoms.